The Morgan fingerprint density at radius 2 is 1.86 bits per heavy atom. The van der Waals surface area contributed by atoms with Crippen molar-refractivity contribution < 1.29 is 4.79 Å². The van der Waals surface area contributed by atoms with Gasteiger partial charge in [0.1, 0.15) is 0 Å². The highest BCUT2D eigenvalue weighted by Gasteiger charge is 2.22. The van der Waals surface area contributed by atoms with Crippen LogP contribution in [0.2, 0.25) is 0 Å². The molecule has 3 nitrogen and oxygen atoms in total. The Morgan fingerprint density at radius 1 is 1.29 bits per heavy atom. The van der Waals surface area contributed by atoms with E-state index in [2.05, 4.69) is 38.3 Å². The van der Waals surface area contributed by atoms with Crippen LogP contribution >= 0.6 is 0 Å². The minimum Gasteiger partial charge on any atom is -0.355 e. The fourth-order valence-electron chi connectivity index (χ4n) is 1.54. The van der Waals surface area contributed by atoms with Crippen LogP contribution in [0.5, 0.6) is 0 Å². The lowest BCUT2D eigenvalue weighted by Gasteiger charge is -2.30. The van der Waals surface area contributed by atoms with Crippen LogP contribution in [0.15, 0.2) is 0 Å². The lowest BCUT2D eigenvalue weighted by molar-refractivity contribution is -0.120. The predicted octanol–water partition coefficient (Wildman–Crippen LogP) is 1.54. The molecule has 0 aliphatic rings. The predicted molar refractivity (Wildman–Crippen MR) is 60.2 cm³/mol. The molecule has 1 atom stereocenters. The molecule has 0 saturated heterocycles. The molecule has 2 N–H and O–H groups in total. The van der Waals surface area contributed by atoms with E-state index in [0.29, 0.717) is 19.1 Å². The number of amides is 1. The van der Waals surface area contributed by atoms with Gasteiger partial charge < -0.3 is 10.6 Å². The van der Waals surface area contributed by atoms with Crippen LogP contribution in [0.4, 0.5) is 0 Å². The van der Waals surface area contributed by atoms with Crippen LogP contribution in [-0.4, -0.2) is 25.0 Å². The van der Waals surface area contributed by atoms with Gasteiger partial charge in [-0.05, 0) is 18.8 Å². The second kappa shape index (κ2) is 6.02. The third kappa shape index (κ3) is 5.22. The molecule has 0 fully saturated rings. The summed E-state index contributed by atoms with van der Waals surface area (Å²) >= 11 is 0. The van der Waals surface area contributed by atoms with Crippen LogP contribution in [0.25, 0.3) is 0 Å². The van der Waals surface area contributed by atoms with Crippen molar-refractivity contribution >= 4 is 5.91 Å². The van der Waals surface area contributed by atoms with Crippen LogP contribution in [0.1, 0.15) is 41.0 Å². The van der Waals surface area contributed by atoms with E-state index in [1.165, 1.54) is 0 Å². The molecule has 3 heteroatoms. The van der Waals surface area contributed by atoms with Crippen LogP contribution in [-0.2, 0) is 4.79 Å². The molecule has 0 radical (unpaired) electrons. The molecule has 0 aromatic carbocycles. The van der Waals surface area contributed by atoms with Gasteiger partial charge in [-0.1, -0.05) is 27.7 Å². The van der Waals surface area contributed by atoms with Gasteiger partial charge in [0, 0.05) is 12.6 Å². The van der Waals surface area contributed by atoms with Crippen LogP contribution < -0.4 is 10.6 Å². The maximum atomic E-state index is 11.2. The van der Waals surface area contributed by atoms with E-state index in [-0.39, 0.29) is 11.3 Å². The maximum absolute atomic E-state index is 11.2. The third-order valence-corrected chi connectivity index (χ3v) is 2.34. The molecular weight excluding hydrogens is 176 g/mol. The summed E-state index contributed by atoms with van der Waals surface area (Å²) < 4.78 is 0. The number of likely N-dealkylation sites (N-methyl/N-ethyl adjacent to an activating group) is 1. The number of rotatable bonds is 5. The lowest BCUT2D eigenvalue weighted by atomic mass is 9.85. The van der Waals surface area contributed by atoms with Gasteiger partial charge in [0.15, 0.2) is 0 Å². The number of nitrogens with one attached hydrogen (secondary N) is 2. The van der Waals surface area contributed by atoms with Crippen molar-refractivity contribution in [2.45, 2.75) is 47.1 Å². The van der Waals surface area contributed by atoms with Gasteiger partial charge in [-0.15, -0.1) is 0 Å². The van der Waals surface area contributed by atoms with Crippen molar-refractivity contribution in [2.75, 3.05) is 13.1 Å². The zero-order valence-corrected chi connectivity index (χ0v) is 10.1. The van der Waals surface area contributed by atoms with Crippen molar-refractivity contribution in [1.29, 1.82) is 0 Å². The zero-order valence-electron chi connectivity index (χ0n) is 10.1. The minimum atomic E-state index is 0.0789. The molecule has 0 unspecified atom stereocenters. The van der Waals surface area contributed by atoms with E-state index >= 15 is 0 Å². The Kier molecular flexibility index (Phi) is 5.77. The summed E-state index contributed by atoms with van der Waals surface area (Å²) in [7, 11) is 0. The SMILES string of the molecule is CCNC(=O)CN[C@H](CC)C(C)(C)C. The molecule has 0 heterocycles. The molecular formula is C11H24N2O. The Hall–Kier alpha value is -0.570. The fraction of sp³-hybridized carbons (Fsp3) is 0.909. The van der Waals surface area contributed by atoms with E-state index in [1.54, 1.807) is 0 Å². The molecule has 14 heavy (non-hydrogen) atoms. The quantitative estimate of drug-likeness (QED) is 0.707. The average Bonchev–Trinajstić information content (AvgIpc) is 2.03. The summed E-state index contributed by atoms with van der Waals surface area (Å²) in [4.78, 5) is 11.2. The lowest BCUT2D eigenvalue weighted by Crippen LogP contribution is -2.44. The average molecular weight is 200 g/mol. The van der Waals surface area contributed by atoms with Gasteiger partial charge in [0.05, 0.1) is 6.54 Å². The molecule has 0 aromatic rings. The van der Waals surface area contributed by atoms with Crippen molar-refractivity contribution in [3.05, 3.63) is 0 Å². The molecule has 0 aliphatic carbocycles. The van der Waals surface area contributed by atoms with Gasteiger partial charge in [-0.3, -0.25) is 4.79 Å². The summed E-state index contributed by atoms with van der Waals surface area (Å²) in [6.07, 6.45) is 1.04. The molecule has 0 rings (SSSR count). The topological polar surface area (TPSA) is 41.1 Å². The highest BCUT2D eigenvalue weighted by molar-refractivity contribution is 5.77. The first-order valence-corrected chi connectivity index (χ1v) is 5.41. The minimum absolute atomic E-state index is 0.0789. The molecule has 1 amide bonds. The monoisotopic (exact) mass is 200 g/mol. The highest BCUT2D eigenvalue weighted by atomic mass is 16.1. The first-order valence-electron chi connectivity index (χ1n) is 5.41. The van der Waals surface area contributed by atoms with E-state index in [1.807, 2.05) is 6.92 Å². The van der Waals surface area contributed by atoms with E-state index in [0.717, 1.165) is 6.42 Å². The molecule has 0 saturated carbocycles. The van der Waals surface area contributed by atoms with Crippen molar-refractivity contribution in [3.8, 4) is 0 Å². The Labute approximate surface area is 87.6 Å². The number of hydrogen-bond acceptors (Lipinski definition) is 2. The first-order chi connectivity index (χ1) is 6.41. The second-order valence-corrected chi connectivity index (χ2v) is 4.66. The maximum Gasteiger partial charge on any atom is 0.233 e. The van der Waals surface area contributed by atoms with Crippen LogP contribution in [0.3, 0.4) is 0 Å². The number of carbonyl (C=O) groups excluding carboxylic acids is 1. The van der Waals surface area contributed by atoms with Crippen molar-refractivity contribution in [2.24, 2.45) is 5.41 Å². The summed E-state index contributed by atoms with van der Waals surface area (Å²) in [5.74, 6) is 0.0789. The van der Waals surface area contributed by atoms with Gasteiger partial charge >= 0.3 is 0 Å². The van der Waals surface area contributed by atoms with Gasteiger partial charge in [0.25, 0.3) is 0 Å². The van der Waals surface area contributed by atoms with Gasteiger partial charge in [-0.25, -0.2) is 0 Å². The Balaban J connectivity index is 3.91. The third-order valence-electron chi connectivity index (χ3n) is 2.34. The highest BCUT2D eigenvalue weighted by Crippen LogP contribution is 2.21. The van der Waals surface area contributed by atoms with Gasteiger partial charge in [0.2, 0.25) is 5.91 Å². The fourth-order valence-corrected chi connectivity index (χ4v) is 1.54. The van der Waals surface area contributed by atoms with Gasteiger partial charge in [-0.2, -0.15) is 0 Å². The number of carbonyl (C=O) groups is 1. The molecule has 0 aliphatic heterocycles. The van der Waals surface area contributed by atoms with Crippen LogP contribution in [0, 0.1) is 5.41 Å². The summed E-state index contributed by atoms with van der Waals surface area (Å²) in [6.45, 7) is 11.7. The van der Waals surface area contributed by atoms with E-state index < -0.39 is 0 Å². The largest absolute Gasteiger partial charge is 0.355 e. The first kappa shape index (κ1) is 13.4. The Bertz CT molecular complexity index is 173. The summed E-state index contributed by atoms with van der Waals surface area (Å²) in [6, 6.07) is 0.394. The summed E-state index contributed by atoms with van der Waals surface area (Å²) in [5.41, 5.74) is 0.210. The number of hydrogen-bond donors (Lipinski definition) is 2. The second-order valence-electron chi connectivity index (χ2n) is 4.66. The van der Waals surface area contributed by atoms with Crippen molar-refractivity contribution in [1.82, 2.24) is 10.6 Å². The zero-order chi connectivity index (χ0) is 11.2. The molecule has 0 spiro atoms. The summed E-state index contributed by atoms with van der Waals surface area (Å²) in [5, 5.41) is 6.06. The normalized spacial score (nSPS) is 13.8. The standard InChI is InChI=1S/C11H24N2O/c1-6-9(11(3,4)5)13-8-10(14)12-7-2/h9,13H,6-8H2,1-5H3,(H,12,14)/t9-/m1/s1. The molecule has 0 bridgehead atoms. The van der Waals surface area contributed by atoms with E-state index in [4.69, 9.17) is 0 Å². The Morgan fingerprint density at radius 3 is 2.21 bits per heavy atom. The van der Waals surface area contributed by atoms with E-state index in [9.17, 15) is 4.79 Å². The van der Waals surface area contributed by atoms with Crippen molar-refractivity contribution in [3.63, 3.8) is 0 Å². The smallest absolute Gasteiger partial charge is 0.233 e. The molecule has 0 aromatic heterocycles. The molecule has 84 valence electrons.